The van der Waals surface area contributed by atoms with Gasteiger partial charge in [-0.15, -0.1) is 0 Å². The number of aromatic nitrogens is 2. The first kappa shape index (κ1) is 14.8. The Bertz CT molecular complexity index is 726. The zero-order valence-corrected chi connectivity index (χ0v) is 11.8. The van der Waals surface area contributed by atoms with Crippen molar-refractivity contribution in [1.29, 1.82) is 0 Å². The number of anilines is 1. The number of phenols is 1. The maximum absolute atomic E-state index is 12.4. The van der Waals surface area contributed by atoms with Crippen LogP contribution >= 0.6 is 11.5 Å². The molecule has 116 valence electrons. The maximum Gasteiger partial charge on any atom is 0.444 e. The van der Waals surface area contributed by atoms with Gasteiger partial charge in [0.1, 0.15) is 5.75 Å². The predicted octanol–water partition coefficient (Wildman–Crippen LogP) is 3.39. The van der Waals surface area contributed by atoms with Crippen molar-refractivity contribution in [3.63, 3.8) is 0 Å². The van der Waals surface area contributed by atoms with E-state index in [0.717, 1.165) is 18.4 Å². The second kappa shape index (κ2) is 5.24. The first-order chi connectivity index (χ1) is 10.3. The van der Waals surface area contributed by atoms with E-state index in [9.17, 15) is 23.1 Å². The molecule has 1 aliphatic carbocycles. The summed E-state index contributed by atoms with van der Waals surface area (Å²) in [6, 6.07) is 4.67. The van der Waals surface area contributed by atoms with Crippen molar-refractivity contribution in [3.8, 4) is 5.75 Å². The zero-order valence-electron chi connectivity index (χ0n) is 11.0. The van der Waals surface area contributed by atoms with Gasteiger partial charge in [-0.2, -0.15) is 22.5 Å². The lowest BCUT2D eigenvalue weighted by molar-refractivity contribution is -0.137. The molecule has 3 rings (SSSR count). The normalized spacial score (nSPS) is 14.9. The molecule has 9 heteroatoms. The van der Waals surface area contributed by atoms with Gasteiger partial charge in [-0.25, -0.2) is 0 Å². The number of hydrogen-bond acceptors (Lipinski definition) is 5. The average molecular weight is 329 g/mol. The predicted molar refractivity (Wildman–Crippen MR) is 72.9 cm³/mol. The van der Waals surface area contributed by atoms with E-state index in [-0.39, 0.29) is 22.8 Å². The number of amides is 1. The minimum absolute atomic E-state index is 0.00670. The molecule has 2 N–H and O–H groups in total. The highest BCUT2D eigenvalue weighted by Gasteiger charge is 2.35. The van der Waals surface area contributed by atoms with Gasteiger partial charge < -0.3 is 5.11 Å². The van der Waals surface area contributed by atoms with Crippen molar-refractivity contribution in [2.24, 2.45) is 0 Å². The third-order valence-electron chi connectivity index (χ3n) is 3.21. The van der Waals surface area contributed by atoms with Crippen LogP contribution in [0, 0.1) is 0 Å². The summed E-state index contributed by atoms with van der Waals surface area (Å²) in [4.78, 5) is 15.3. The lowest BCUT2D eigenvalue weighted by Crippen LogP contribution is -2.14. The number of rotatable bonds is 3. The Hall–Kier alpha value is -2.16. The second-order valence-electron chi connectivity index (χ2n) is 4.93. The molecule has 1 amide bonds. The summed E-state index contributed by atoms with van der Waals surface area (Å²) in [6.07, 6.45) is -2.56. The smallest absolute Gasteiger partial charge is 0.444 e. The molecule has 0 radical (unpaired) electrons. The molecule has 5 nitrogen and oxygen atoms in total. The van der Waals surface area contributed by atoms with Crippen LogP contribution in [0.3, 0.4) is 0 Å². The summed E-state index contributed by atoms with van der Waals surface area (Å²) in [5.41, 5.74) is 0.915. The molecular formula is C13H10F3N3O2S. The Morgan fingerprint density at radius 1 is 1.36 bits per heavy atom. The molecule has 1 aromatic heterocycles. The molecule has 22 heavy (non-hydrogen) atoms. The van der Waals surface area contributed by atoms with Crippen molar-refractivity contribution >= 4 is 23.4 Å². The van der Waals surface area contributed by atoms with Gasteiger partial charge in [-0.3, -0.25) is 10.1 Å². The summed E-state index contributed by atoms with van der Waals surface area (Å²) >= 11 is 0.153. The van der Waals surface area contributed by atoms with Crippen LogP contribution in [0.2, 0.25) is 0 Å². The minimum Gasteiger partial charge on any atom is -0.507 e. The van der Waals surface area contributed by atoms with Gasteiger partial charge in [0.2, 0.25) is 11.0 Å². The Morgan fingerprint density at radius 3 is 2.68 bits per heavy atom. The number of carbonyl (C=O) groups excluding carboxylic acids is 1. The molecule has 1 saturated carbocycles. The summed E-state index contributed by atoms with van der Waals surface area (Å²) in [5, 5.41) is 10.8. The fourth-order valence-electron chi connectivity index (χ4n) is 1.96. The van der Waals surface area contributed by atoms with E-state index in [1.807, 2.05) is 0 Å². The maximum atomic E-state index is 12.4. The molecule has 0 atom stereocenters. The van der Waals surface area contributed by atoms with Crippen molar-refractivity contribution < 1.29 is 23.1 Å². The quantitative estimate of drug-likeness (QED) is 0.905. The van der Waals surface area contributed by atoms with Crippen LogP contribution in [-0.2, 0) is 6.18 Å². The number of nitrogens with one attached hydrogen (secondary N) is 1. The third kappa shape index (κ3) is 3.03. The van der Waals surface area contributed by atoms with E-state index < -0.39 is 23.0 Å². The number of phenolic OH excluding ortho intramolecular Hbond substituents is 1. The van der Waals surface area contributed by atoms with Crippen LogP contribution in [0.5, 0.6) is 5.75 Å². The number of halogens is 3. The Balaban J connectivity index is 1.79. The fourth-order valence-corrected chi connectivity index (χ4v) is 2.45. The van der Waals surface area contributed by atoms with E-state index in [0.29, 0.717) is 5.92 Å². The van der Waals surface area contributed by atoms with E-state index in [1.54, 1.807) is 12.1 Å². The largest absolute Gasteiger partial charge is 0.507 e. The first-order valence-electron chi connectivity index (χ1n) is 6.40. The van der Waals surface area contributed by atoms with Gasteiger partial charge in [-0.1, -0.05) is 6.07 Å². The Morgan fingerprint density at radius 2 is 2.09 bits per heavy atom. The van der Waals surface area contributed by atoms with E-state index in [1.165, 1.54) is 6.07 Å². The SMILES string of the molecule is O=C(Nc1nsc(C(F)(F)F)n1)c1cc(C2CC2)ccc1O. The highest BCUT2D eigenvalue weighted by Crippen LogP contribution is 2.41. The van der Waals surface area contributed by atoms with Crippen molar-refractivity contribution in [3.05, 3.63) is 34.3 Å². The fraction of sp³-hybridized carbons (Fsp3) is 0.308. The van der Waals surface area contributed by atoms with Gasteiger partial charge >= 0.3 is 6.18 Å². The number of benzene rings is 1. The summed E-state index contributed by atoms with van der Waals surface area (Å²) in [6.45, 7) is 0. The van der Waals surface area contributed by atoms with Crippen LogP contribution in [-0.4, -0.2) is 20.4 Å². The molecule has 1 heterocycles. The van der Waals surface area contributed by atoms with Crippen LogP contribution in [0.1, 0.15) is 39.7 Å². The molecule has 2 aromatic rings. The molecule has 0 spiro atoms. The van der Waals surface area contributed by atoms with Gasteiger partial charge in [0.15, 0.2) is 0 Å². The van der Waals surface area contributed by atoms with Gasteiger partial charge in [0.05, 0.1) is 5.56 Å². The molecule has 1 fully saturated rings. The zero-order chi connectivity index (χ0) is 15.9. The summed E-state index contributed by atoms with van der Waals surface area (Å²) < 4.78 is 40.7. The van der Waals surface area contributed by atoms with Crippen LogP contribution < -0.4 is 5.32 Å². The number of carbonyl (C=O) groups is 1. The standard InChI is InChI=1S/C13H10F3N3O2S/c14-13(15,16)11-18-12(19-22-11)17-10(21)8-5-7(6-1-2-6)3-4-9(8)20/h3-6,20H,1-2H2,(H,17,19,21). The molecule has 1 aromatic carbocycles. The first-order valence-corrected chi connectivity index (χ1v) is 7.17. The topological polar surface area (TPSA) is 75.1 Å². The number of hydrogen-bond donors (Lipinski definition) is 2. The van der Waals surface area contributed by atoms with Crippen molar-refractivity contribution in [2.75, 3.05) is 5.32 Å². The van der Waals surface area contributed by atoms with Gasteiger partial charge in [0.25, 0.3) is 5.91 Å². The molecular weight excluding hydrogens is 319 g/mol. The van der Waals surface area contributed by atoms with Crippen LogP contribution in [0.15, 0.2) is 18.2 Å². The molecule has 0 unspecified atom stereocenters. The summed E-state index contributed by atoms with van der Waals surface area (Å²) in [5.74, 6) is -1.04. The lowest BCUT2D eigenvalue weighted by atomic mass is 10.1. The second-order valence-corrected chi connectivity index (χ2v) is 5.68. The highest BCUT2D eigenvalue weighted by molar-refractivity contribution is 7.05. The Labute approximate surface area is 127 Å². The monoisotopic (exact) mass is 329 g/mol. The highest BCUT2D eigenvalue weighted by atomic mass is 32.1. The van der Waals surface area contributed by atoms with Crippen molar-refractivity contribution in [2.45, 2.75) is 24.9 Å². The van der Waals surface area contributed by atoms with Gasteiger partial charge in [-0.05, 0) is 48.0 Å². The molecule has 0 bridgehead atoms. The van der Waals surface area contributed by atoms with Crippen molar-refractivity contribution in [1.82, 2.24) is 9.36 Å². The lowest BCUT2D eigenvalue weighted by Gasteiger charge is -2.06. The van der Waals surface area contributed by atoms with E-state index in [4.69, 9.17) is 0 Å². The number of nitrogens with zero attached hydrogens (tertiary/aromatic N) is 2. The Kier molecular flexibility index (Phi) is 3.51. The molecule has 0 saturated heterocycles. The van der Waals surface area contributed by atoms with E-state index >= 15 is 0 Å². The van der Waals surface area contributed by atoms with Gasteiger partial charge in [0, 0.05) is 0 Å². The minimum atomic E-state index is -4.60. The number of alkyl halides is 3. The van der Waals surface area contributed by atoms with E-state index in [2.05, 4.69) is 14.7 Å². The third-order valence-corrected chi connectivity index (χ3v) is 3.97. The molecule has 0 aliphatic heterocycles. The van der Waals surface area contributed by atoms with Crippen LogP contribution in [0.25, 0.3) is 0 Å². The van der Waals surface area contributed by atoms with Crippen LogP contribution in [0.4, 0.5) is 19.1 Å². The number of aromatic hydroxyl groups is 1. The molecule has 1 aliphatic rings. The summed E-state index contributed by atoms with van der Waals surface area (Å²) in [7, 11) is 0. The average Bonchev–Trinajstić information content (AvgIpc) is 3.17.